The molecule has 3 heterocycles. The molecule has 0 saturated carbocycles. The fraction of sp³-hybridized carbons (Fsp3) is 0.350. The number of rotatable bonds is 3. The summed E-state index contributed by atoms with van der Waals surface area (Å²) in [6.45, 7) is 2.50. The smallest absolute Gasteiger partial charge is 0.246 e. The second-order valence-electron chi connectivity index (χ2n) is 6.55. The first-order valence-electron chi connectivity index (χ1n) is 8.88. The monoisotopic (exact) mass is 350 g/mol. The Morgan fingerprint density at radius 1 is 1.23 bits per heavy atom. The summed E-state index contributed by atoms with van der Waals surface area (Å²) in [5, 5.41) is 0. The van der Waals surface area contributed by atoms with E-state index in [2.05, 4.69) is 27.0 Å². The molecule has 0 bridgehead atoms. The van der Waals surface area contributed by atoms with E-state index in [0.717, 1.165) is 16.8 Å². The summed E-state index contributed by atoms with van der Waals surface area (Å²) in [6.07, 6.45) is 7.12. The number of morpholine rings is 1. The van der Waals surface area contributed by atoms with Crippen molar-refractivity contribution in [1.82, 2.24) is 9.80 Å². The summed E-state index contributed by atoms with van der Waals surface area (Å²) >= 11 is 0. The van der Waals surface area contributed by atoms with Gasteiger partial charge in [-0.25, -0.2) is 9.98 Å². The Bertz CT molecular complexity index is 791. The van der Waals surface area contributed by atoms with Gasteiger partial charge in [-0.05, 0) is 11.1 Å². The molecule has 1 saturated heterocycles. The molecule has 0 aromatic heterocycles. The molecule has 1 amide bonds. The molecule has 6 heteroatoms. The van der Waals surface area contributed by atoms with Gasteiger partial charge < -0.3 is 14.5 Å². The van der Waals surface area contributed by atoms with Crippen LogP contribution in [0.25, 0.3) is 5.70 Å². The minimum Gasteiger partial charge on any atom is -0.378 e. The number of aliphatic imine (C=N–C) groups is 2. The average Bonchev–Trinajstić information content (AvgIpc) is 2.99. The van der Waals surface area contributed by atoms with Crippen molar-refractivity contribution in [3.05, 3.63) is 53.6 Å². The van der Waals surface area contributed by atoms with Gasteiger partial charge in [0, 0.05) is 38.1 Å². The molecule has 134 valence electrons. The normalized spacial score (nSPS) is 25.3. The van der Waals surface area contributed by atoms with Crippen LogP contribution in [0.15, 0.2) is 58.0 Å². The van der Waals surface area contributed by atoms with Gasteiger partial charge >= 0.3 is 0 Å². The largest absolute Gasteiger partial charge is 0.378 e. The van der Waals surface area contributed by atoms with Gasteiger partial charge in [-0.2, -0.15) is 0 Å². The first kappa shape index (κ1) is 16.7. The van der Waals surface area contributed by atoms with Crippen molar-refractivity contribution < 1.29 is 9.53 Å². The molecule has 3 aliphatic rings. The Balaban J connectivity index is 1.67. The highest BCUT2D eigenvalue weighted by atomic mass is 16.5. The number of benzene rings is 1. The van der Waals surface area contributed by atoms with Gasteiger partial charge in [0.25, 0.3) is 0 Å². The molecule has 0 aliphatic carbocycles. The lowest BCUT2D eigenvalue weighted by atomic mass is 9.96. The SMILES string of the molecule is CN1C(c2ccccc2)=C(/C=C/C(=O)N2CCOCC2)C2C=NC=NC21. The number of allylic oxidation sites excluding steroid dienone is 1. The average molecular weight is 350 g/mol. The van der Waals surface area contributed by atoms with Gasteiger partial charge in [0.2, 0.25) is 5.91 Å². The number of amides is 1. The summed E-state index contributed by atoms with van der Waals surface area (Å²) in [5.74, 6) is 0.0736. The number of ether oxygens (including phenoxy) is 1. The second kappa shape index (κ2) is 7.25. The summed E-state index contributed by atoms with van der Waals surface area (Å²) in [4.78, 5) is 25.3. The predicted octanol–water partition coefficient (Wildman–Crippen LogP) is 1.81. The van der Waals surface area contributed by atoms with Crippen molar-refractivity contribution in [3.8, 4) is 0 Å². The standard InChI is InChI=1S/C20H22N4O2/c1-23-19(15-5-3-2-4-6-15)16(17-13-21-14-22-20(17)23)7-8-18(25)24-9-11-26-12-10-24/h2-8,13-14,17,20H,9-12H2,1H3/b8-7+. The second-order valence-corrected chi connectivity index (χ2v) is 6.55. The highest BCUT2D eigenvalue weighted by Gasteiger charge is 2.38. The van der Waals surface area contributed by atoms with Crippen LogP contribution in [-0.4, -0.2) is 67.8 Å². The molecule has 4 rings (SSSR count). The molecule has 0 N–H and O–H groups in total. The van der Waals surface area contributed by atoms with Crippen LogP contribution in [0, 0.1) is 5.92 Å². The minimum atomic E-state index is -0.0131. The topological polar surface area (TPSA) is 57.5 Å². The first-order chi connectivity index (χ1) is 12.8. The predicted molar refractivity (Wildman–Crippen MR) is 102 cm³/mol. The molecular weight excluding hydrogens is 328 g/mol. The van der Waals surface area contributed by atoms with E-state index in [9.17, 15) is 4.79 Å². The Hall–Kier alpha value is -2.73. The first-order valence-corrected chi connectivity index (χ1v) is 8.88. The number of hydrogen-bond donors (Lipinski definition) is 0. The van der Waals surface area contributed by atoms with Crippen molar-refractivity contribution in [3.63, 3.8) is 0 Å². The lowest BCUT2D eigenvalue weighted by Crippen LogP contribution is -2.39. The highest BCUT2D eigenvalue weighted by Crippen LogP contribution is 2.39. The van der Waals surface area contributed by atoms with Crippen LogP contribution in [0.1, 0.15) is 5.56 Å². The van der Waals surface area contributed by atoms with E-state index in [0.29, 0.717) is 26.3 Å². The van der Waals surface area contributed by atoms with Gasteiger partial charge in [0.1, 0.15) is 12.5 Å². The van der Waals surface area contributed by atoms with Crippen LogP contribution in [0.4, 0.5) is 0 Å². The minimum absolute atomic E-state index is 0.0131. The molecule has 0 radical (unpaired) electrons. The van der Waals surface area contributed by atoms with E-state index in [-0.39, 0.29) is 18.0 Å². The Morgan fingerprint density at radius 2 is 2.00 bits per heavy atom. The maximum absolute atomic E-state index is 12.5. The van der Waals surface area contributed by atoms with Crippen molar-refractivity contribution in [1.29, 1.82) is 0 Å². The van der Waals surface area contributed by atoms with Crippen LogP contribution >= 0.6 is 0 Å². The molecule has 1 fully saturated rings. The molecule has 1 aromatic rings. The highest BCUT2D eigenvalue weighted by molar-refractivity contribution is 5.91. The number of hydrogen-bond acceptors (Lipinski definition) is 5. The van der Waals surface area contributed by atoms with Crippen LogP contribution in [-0.2, 0) is 9.53 Å². The molecule has 0 spiro atoms. The third-order valence-corrected chi connectivity index (χ3v) is 5.01. The molecule has 2 atom stereocenters. The Morgan fingerprint density at radius 3 is 2.77 bits per heavy atom. The van der Waals surface area contributed by atoms with Crippen LogP contribution in [0.5, 0.6) is 0 Å². The van der Waals surface area contributed by atoms with Crippen molar-refractivity contribution in [2.24, 2.45) is 15.9 Å². The van der Waals surface area contributed by atoms with Crippen molar-refractivity contribution in [2.75, 3.05) is 33.4 Å². The summed E-state index contributed by atoms with van der Waals surface area (Å²) in [6, 6.07) is 10.2. The maximum atomic E-state index is 12.5. The summed E-state index contributed by atoms with van der Waals surface area (Å²) < 4.78 is 5.32. The summed E-state index contributed by atoms with van der Waals surface area (Å²) in [7, 11) is 2.04. The van der Waals surface area contributed by atoms with Gasteiger partial charge in [0.05, 0.1) is 19.1 Å². The Kier molecular flexibility index (Phi) is 4.67. The maximum Gasteiger partial charge on any atom is 0.246 e. The number of carbonyl (C=O) groups is 1. The van der Waals surface area contributed by atoms with Crippen LogP contribution in [0.2, 0.25) is 0 Å². The van der Waals surface area contributed by atoms with E-state index >= 15 is 0 Å². The van der Waals surface area contributed by atoms with Crippen molar-refractivity contribution >= 4 is 24.2 Å². The third kappa shape index (κ3) is 3.08. The van der Waals surface area contributed by atoms with Crippen LogP contribution < -0.4 is 0 Å². The van der Waals surface area contributed by atoms with Crippen LogP contribution in [0.3, 0.4) is 0 Å². The molecule has 26 heavy (non-hydrogen) atoms. The zero-order valence-corrected chi connectivity index (χ0v) is 14.8. The molecule has 3 aliphatic heterocycles. The molecule has 6 nitrogen and oxygen atoms in total. The van der Waals surface area contributed by atoms with E-state index in [1.165, 1.54) is 0 Å². The fourth-order valence-electron chi connectivity index (χ4n) is 3.69. The zero-order valence-electron chi connectivity index (χ0n) is 14.8. The van der Waals surface area contributed by atoms with Crippen molar-refractivity contribution in [2.45, 2.75) is 6.17 Å². The zero-order chi connectivity index (χ0) is 17.9. The van der Waals surface area contributed by atoms with Gasteiger partial charge in [-0.3, -0.25) is 4.79 Å². The number of fused-ring (bicyclic) bond motifs is 1. The van der Waals surface area contributed by atoms with Gasteiger partial charge in [-0.1, -0.05) is 36.4 Å². The lowest BCUT2D eigenvalue weighted by molar-refractivity contribution is -0.129. The molecule has 2 unspecified atom stereocenters. The van der Waals surface area contributed by atoms with E-state index in [1.54, 1.807) is 12.4 Å². The van der Waals surface area contributed by atoms with E-state index in [1.807, 2.05) is 42.4 Å². The number of carbonyl (C=O) groups excluding carboxylic acids is 1. The molecule has 1 aromatic carbocycles. The summed E-state index contributed by atoms with van der Waals surface area (Å²) in [5.41, 5.74) is 3.29. The quantitative estimate of drug-likeness (QED) is 0.782. The third-order valence-electron chi connectivity index (χ3n) is 5.01. The van der Waals surface area contributed by atoms with E-state index < -0.39 is 0 Å². The fourth-order valence-corrected chi connectivity index (χ4v) is 3.69. The lowest BCUT2D eigenvalue weighted by Gasteiger charge is -2.25. The number of nitrogens with zero attached hydrogens (tertiary/aromatic N) is 4. The van der Waals surface area contributed by atoms with Gasteiger partial charge in [-0.15, -0.1) is 0 Å². The molecular formula is C20H22N4O2. The Labute approximate surface area is 153 Å². The van der Waals surface area contributed by atoms with Gasteiger partial charge in [0.15, 0.2) is 0 Å². The van der Waals surface area contributed by atoms with E-state index in [4.69, 9.17) is 4.74 Å².